The number of benzene rings is 2. The minimum atomic E-state index is -2.67. The van der Waals surface area contributed by atoms with Crippen molar-refractivity contribution in [3.05, 3.63) is 66.0 Å². The number of pyridine rings is 1. The molecule has 4 aliphatic rings. The summed E-state index contributed by atoms with van der Waals surface area (Å²) in [4.78, 5) is 57.3. The maximum atomic E-state index is 13.9. The number of rotatable bonds is 13. The number of unbranched alkanes of at least 4 members (excludes halogenated alkanes) is 2. The van der Waals surface area contributed by atoms with Crippen molar-refractivity contribution in [3.63, 3.8) is 0 Å². The van der Waals surface area contributed by atoms with Gasteiger partial charge in [-0.1, -0.05) is 0 Å². The minimum absolute atomic E-state index is 0.00249. The van der Waals surface area contributed by atoms with Crippen molar-refractivity contribution in [1.82, 2.24) is 24.7 Å². The average molecular weight is 730 g/mol. The monoisotopic (exact) mass is 729 g/mol. The molecule has 4 aromatic rings. The largest absolute Gasteiger partial charge is 0.494 e. The smallest absolute Gasteiger partial charge is 0.319 e. The molecular weight excluding hydrogens is 688 g/mol. The lowest BCUT2D eigenvalue weighted by Gasteiger charge is -2.40. The molecule has 278 valence electrons. The first-order valence-electron chi connectivity index (χ1n) is 18.4. The fourth-order valence-electron chi connectivity index (χ4n) is 7.96. The van der Waals surface area contributed by atoms with Crippen LogP contribution in [0.3, 0.4) is 0 Å². The number of ether oxygens (including phenoxy) is 3. The highest BCUT2D eigenvalue weighted by Crippen LogP contribution is 2.37. The van der Waals surface area contributed by atoms with Crippen LogP contribution in [0.5, 0.6) is 11.5 Å². The fraction of sp³-hybridized carbons (Fsp3) is 0.462. The van der Waals surface area contributed by atoms with Crippen LogP contribution in [0.15, 0.2) is 54.9 Å². The first-order valence-corrected chi connectivity index (χ1v) is 18.4. The number of hydrogen-bond donors (Lipinski definition) is 1. The summed E-state index contributed by atoms with van der Waals surface area (Å²) in [5, 5.41) is 3.63. The summed E-state index contributed by atoms with van der Waals surface area (Å²) >= 11 is 0. The lowest BCUT2D eigenvalue weighted by Crippen LogP contribution is -2.54. The van der Waals surface area contributed by atoms with E-state index in [0.717, 1.165) is 79.4 Å². The van der Waals surface area contributed by atoms with Gasteiger partial charge in [-0.05, 0) is 81.5 Å². The van der Waals surface area contributed by atoms with Gasteiger partial charge in [0.1, 0.15) is 23.6 Å². The number of amides is 4. The summed E-state index contributed by atoms with van der Waals surface area (Å²) in [5.41, 5.74) is 1.33. The Kier molecular flexibility index (Phi) is 9.81. The molecule has 2 aromatic heterocycles. The molecule has 0 spiro atoms. The zero-order valence-electron chi connectivity index (χ0n) is 29.2. The number of fused-ring (bicyclic) bond motifs is 4. The Morgan fingerprint density at radius 3 is 2.40 bits per heavy atom. The van der Waals surface area contributed by atoms with E-state index in [1.165, 1.54) is 6.20 Å². The topological polar surface area (TPSA) is 132 Å². The molecule has 12 nitrogen and oxygen atoms in total. The standard InChI is InChI=1S/C39H41F2N5O7/c40-39(41)45-32-10-13-42-22-31(32)28-6-5-25(21-34(28)45)53-27-18-26(19-27)52-23-11-15-44(16-12-23)14-2-1-3-17-51-24-4-7-29-30(20-24)38(50)46(37(29)49)33-8-9-35(47)43-36(33)48/h4-7,10,13,20-23,26-27,33,39H,1-3,8-9,11-12,14-19H2,(H,43,47,48)/t26-,27-,33?. The summed E-state index contributed by atoms with van der Waals surface area (Å²) in [6.07, 6.45) is 10.1. The van der Waals surface area contributed by atoms with Gasteiger partial charge in [0.15, 0.2) is 0 Å². The Morgan fingerprint density at radius 1 is 0.811 bits per heavy atom. The van der Waals surface area contributed by atoms with Crippen LogP contribution in [0, 0.1) is 0 Å². The number of halogens is 2. The number of carbonyl (C=O) groups is 4. The summed E-state index contributed by atoms with van der Waals surface area (Å²) < 4.78 is 47.4. The molecule has 8 rings (SSSR count). The second-order valence-electron chi connectivity index (χ2n) is 14.3. The maximum absolute atomic E-state index is 13.9. The van der Waals surface area contributed by atoms with Gasteiger partial charge in [0.2, 0.25) is 11.8 Å². The third-order valence-corrected chi connectivity index (χ3v) is 10.8. The third kappa shape index (κ3) is 7.09. The number of carbonyl (C=O) groups excluding carboxylic acids is 4. The molecule has 0 bridgehead atoms. The lowest BCUT2D eigenvalue weighted by molar-refractivity contribution is -0.136. The number of piperidine rings is 2. The van der Waals surface area contributed by atoms with Crippen LogP contribution >= 0.6 is 0 Å². The van der Waals surface area contributed by atoms with Crippen LogP contribution in [0.1, 0.15) is 85.1 Å². The number of nitrogens with zero attached hydrogens (tertiary/aromatic N) is 4. The highest BCUT2D eigenvalue weighted by molar-refractivity contribution is 6.23. The maximum Gasteiger partial charge on any atom is 0.319 e. The van der Waals surface area contributed by atoms with Gasteiger partial charge in [-0.15, -0.1) is 0 Å². The Labute approximate surface area is 304 Å². The predicted octanol–water partition coefficient (Wildman–Crippen LogP) is 5.63. The van der Waals surface area contributed by atoms with E-state index < -0.39 is 36.2 Å². The van der Waals surface area contributed by atoms with Crippen LogP contribution in [0.2, 0.25) is 0 Å². The first kappa shape index (κ1) is 35.1. The summed E-state index contributed by atoms with van der Waals surface area (Å²) in [6.45, 7) is 0.783. The van der Waals surface area contributed by atoms with Gasteiger partial charge in [-0.25, -0.2) is 0 Å². The van der Waals surface area contributed by atoms with Crippen molar-refractivity contribution >= 4 is 45.4 Å². The quantitative estimate of drug-likeness (QED) is 0.138. The van der Waals surface area contributed by atoms with Crippen molar-refractivity contribution in [3.8, 4) is 11.5 Å². The summed E-state index contributed by atoms with van der Waals surface area (Å²) in [6, 6.07) is 10.8. The van der Waals surface area contributed by atoms with Gasteiger partial charge in [0.25, 0.3) is 11.8 Å². The molecule has 1 unspecified atom stereocenters. The van der Waals surface area contributed by atoms with Gasteiger partial charge < -0.3 is 19.1 Å². The van der Waals surface area contributed by atoms with E-state index in [4.69, 9.17) is 14.2 Å². The van der Waals surface area contributed by atoms with E-state index in [1.54, 1.807) is 36.5 Å². The molecule has 53 heavy (non-hydrogen) atoms. The number of imide groups is 2. The average Bonchev–Trinajstić information content (AvgIpc) is 3.59. The van der Waals surface area contributed by atoms with Crippen LogP contribution in [0.4, 0.5) is 8.78 Å². The normalized spacial score (nSPS) is 22.5. The zero-order chi connectivity index (χ0) is 36.6. The molecule has 1 atom stereocenters. The molecule has 1 saturated carbocycles. The van der Waals surface area contributed by atoms with Crippen LogP contribution < -0.4 is 14.8 Å². The molecule has 2 aromatic carbocycles. The van der Waals surface area contributed by atoms with E-state index in [-0.39, 0.29) is 42.3 Å². The molecule has 1 aliphatic carbocycles. The summed E-state index contributed by atoms with van der Waals surface area (Å²) in [5.74, 6) is -1.05. The lowest BCUT2D eigenvalue weighted by atomic mass is 9.91. The molecule has 0 radical (unpaired) electrons. The van der Waals surface area contributed by atoms with Gasteiger partial charge in [-0.2, -0.15) is 8.78 Å². The molecule has 3 fully saturated rings. The summed E-state index contributed by atoms with van der Waals surface area (Å²) in [7, 11) is 0. The van der Waals surface area contributed by atoms with E-state index in [9.17, 15) is 28.0 Å². The third-order valence-electron chi connectivity index (χ3n) is 10.8. The fourth-order valence-corrected chi connectivity index (χ4v) is 7.96. The van der Waals surface area contributed by atoms with Gasteiger partial charge >= 0.3 is 6.55 Å². The van der Waals surface area contributed by atoms with Crippen molar-refractivity contribution in [1.29, 1.82) is 0 Å². The zero-order valence-corrected chi connectivity index (χ0v) is 29.2. The van der Waals surface area contributed by atoms with Crippen molar-refractivity contribution < 1.29 is 42.2 Å². The molecule has 4 amide bonds. The SMILES string of the molecule is O=C1CCC(N2C(=O)c3ccc(OCCCCCN4CCC(O[C@H]5C[C@H](Oc6ccc7c8cnccc8n(C(F)F)c7c6)C5)CC4)cc3C2=O)C(=O)N1. The van der Waals surface area contributed by atoms with E-state index >= 15 is 0 Å². The Morgan fingerprint density at radius 2 is 1.60 bits per heavy atom. The minimum Gasteiger partial charge on any atom is -0.494 e. The molecule has 1 N–H and O–H groups in total. The molecular formula is C39H41F2N5O7. The highest BCUT2D eigenvalue weighted by atomic mass is 19.3. The van der Waals surface area contributed by atoms with Crippen molar-refractivity contribution in [2.45, 2.75) is 88.7 Å². The number of likely N-dealkylation sites (tertiary alicyclic amines) is 1. The van der Waals surface area contributed by atoms with Crippen molar-refractivity contribution in [2.24, 2.45) is 0 Å². The van der Waals surface area contributed by atoms with Crippen LogP contribution in [-0.2, 0) is 14.3 Å². The van der Waals surface area contributed by atoms with Gasteiger partial charge in [0.05, 0.1) is 41.0 Å². The van der Waals surface area contributed by atoms with Crippen molar-refractivity contribution in [2.75, 3.05) is 26.2 Å². The second kappa shape index (κ2) is 14.8. The Hall–Kier alpha value is -4.95. The predicted molar refractivity (Wildman–Crippen MR) is 189 cm³/mol. The Bertz CT molecular complexity index is 2060. The molecule has 3 aliphatic heterocycles. The second-order valence-corrected chi connectivity index (χ2v) is 14.3. The number of aromatic nitrogens is 2. The number of nitrogens with one attached hydrogen (secondary N) is 1. The molecule has 2 saturated heterocycles. The van der Waals surface area contributed by atoms with Crippen LogP contribution in [0.25, 0.3) is 21.8 Å². The van der Waals surface area contributed by atoms with Crippen LogP contribution in [-0.4, -0.2) is 93.6 Å². The van der Waals surface area contributed by atoms with E-state index in [1.807, 2.05) is 12.1 Å². The van der Waals surface area contributed by atoms with E-state index in [2.05, 4.69) is 15.2 Å². The van der Waals surface area contributed by atoms with Gasteiger partial charge in [-0.3, -0.25) is 38.9 Å². The highest BCUT2D eigenvalue weighted by Gasteiger charge is 2.44. The molecule has 5 heterocycles. The van der Waals surface area contributed by atoms with Gasteiger partial charge in [0, 0.05) is 61.6 Å². The molecule has 14 heteroatoms. The Balaban J connectivity index is 0.713. The number of alkyl halides is 2. The first-order chi connectivity index (χ1) is 25.7. The van der Waals surface area contributed by atoms with E-state index in [0.29, 0.717) is 34.5 Å². The number of hydrogen-bond acceptors (Lipinski definition) is 9.